The average molecular weight is 305 g/mol. The molecule has 2 unspecified atom stereocenters. The molecule has 5 nitrogen and oxygen atoms in total. The number of carboxylic acids is 1. The van der Waals surface area contributed by atoms with Crippen LogP contribution in [-0.4, -0.2) is 51.0 Å². The van der Waals surface area contributed by atoms with Crippen LogP contribution in [0.1, 0.15) is 13.3 Å². The summed E-state index contributed by atoms with van der Waals surface area (Å²) in [6.07, 6.45) is -0.600. The molecule has 0 saturated carbocycles. The van der Waals surface area contributed by atoms with Gasteiger partial charge in [-0.15, -0.1) is 0 Å². The van der Waals surface area contributed by atoms with Crippen LogP contribution in [0.5, 0.6) is 0 Å². The minimum absolute atomic E-state index is 0.0903. The quantitative estimate of drug-likeness (QED) is 0.631. The van der Waals surface area contributed by atoms with Crippen molar-refractivity contribution in [2.75, 3.05) is 13.1 Å². The molecule has 1 fully saturated rings. The maximum absolute atomic E-state index is 11.3. The topological polar surface area (TPSA) is 66.8 Å². The van der Waals surface area contributed by atoms with E-state index in [0.717, 1.165) is 0 Å². The summed E-state index contributed by atoms with van der Waals surface area (Å²) in [6.45, 7) is 1.69. The monoisotopic (exact) mass is 303 g/mol. The Kier molecular flexibility index (Phi) is 4.89. The Morgan fingerprint density at radius 1 is 1.65 bits per heavy atom. The number of ether oxygens (including phenoxy) is 1. The van der Waals surface area contributed by atoms with Gasteiger partial charge in [0.1, 0.15) is 6.04 Å². The Balaban J connectivity index is 2.81. The molecule has 0 aromatic carbocycles. The second-order valence-corrected chi connectivity index (χ2v) is 6.08. The lowest BCUT2D eigenvalue weighted by atomic mass is 10.1. The lowest BCUT2D eigenvalue weighted by molar-refractivity contribution is -0.163. The van der Waals surface area contributed by atoms with Crippen LogP contribution in [0.2, 0.25) is 0 Å². The summed E-state index contributed by atoms with van der Waals surface area (Å²) in [7, 11) is 0. The van der Waals surface area contributed by atoms with Gasteiger partial charge in [-0.05, 0) is 6.42 Å². The van der Waals surface area contributed by atoms with Crippen LogP contribution in [0.3, 0.4) is 0 Å². The molecule has 8 heteroatoms. The SMILES string of the molecule is CCC(C(=O)O)N1CC(=O)OC(C(Cl)(Cl)Cl)C1. The van der Waals surface area contributed by atoms with Crippen LogP contribution in [0.4, 0.5) is 0 Å². The van der Waals surface area contributed by atoms with E-state index in [1.165, 1.54) is 4.90 Å². The fraction of sp³-hybridized carbons (Fsp3) is 0.778. The van der Waals surface area contributed by atoms with E-state index in [0.29, 0.717) is 6.42 Å². The van der Waals surface area contributed by atoms with E-state index in [9.17, 15) is 9.59 Å². The van der Waals surface area contributed by atoms with Gasteiger partial charge in [-0.3, -0.25) is 14.5 Å². The summed E-state index contributed by atoms with van der Waals surface area (Å²) in [5.41, 5.74) is 0. The lowest BCUT2D eigenvalue weighted by Crippen LogP contribution is -2.55. The van der Waals surface area contributed by atoms with Crippen molar-refractivity contribution in [3.05, 3.63) is 0 Å². The van der Waals surface area contributed by atoms with Gasteiger partial charge in [0.25, 0.3) is 0 Å². The van der Waals surface area contributed by atoms with Crippen LogP contribution in [0.15, 0.2) is 0 Å². The fourth-order valence-electron chi connectivity index (χ4n) is 1.67. The second-order valence-electron chi connectivity index (χ2n) is 3.71. The molecule has 1 aliphatic rings. The first-order valence-electron chi connectivity index (χ1n) is 4.98. The van der Waals surface area contributed by atoms with Gasteiger partial charge < -0.3 is 9.84 Å². The van der Waals surface area contributed by atoms with Gasteiger partial charge in [0.15, 0.2) is 6.10 Å². The van der Waals surface area contributed by atoms with Gasteiger partial charge >= 0.3 is 11.9 Å². The summed E-state index contributed by atoms with van der Waals surface area (Å²) in [6, 6.07) is -0.780. The minimum atomic E-state index is -1.76. The molecular weight excluding hydrogens is 292 g/mol. The Hall–Kier alpha value is -0.230. The molecule has 1 aliphatic heterocycles. The van der Waals surface area contributed by atoms with Gasteiger partial charge in [0.05, 0.1) is 6.54 Å². The molecule has 0 aromatic heterocycles. The molecule has 0 aromatic rings. The van der Waals surface area contributed by atoms with Crippen LogP contribution < -0.4 is 0 Å². The van der Waals surface area contributed by atoms with Crippen molar-refractivity contribution < 1.29 is 19.4 Å². The molecule has 1 saturated heterocycles. The van der Waals surface area contributed by atoms with E-state index in [1.807, 2.05) is 0 Å². The van der Waals surface area contributed by atoms with Crippen LogP contribution in [-0.2, 0) is 14.3 Å². The number of hydrogen-bond donors (Lipinski definition) is 1. The number of rotatable bonds is 3. The van der Waals surface area contributed by atoms with Gasteiger partial charge in [0.2, 0.25) is 3.79 Å². The standard InChI is InChI=1S/C9H12Cl3NO4/c1-2-5(8(15)16)13-3-6(9(10,11)12)17-7(14)4-13/h5-6H,2-4H2,1H3,(H,15,16). The molecule has 1 rings (SSSR count). The molecule has 1 N–H and O–H groups in total. The first kappa shape index (κ1) is 14.8. The van der Waals surface area contributed by atoms with Gasteiger partial charge in [-0.25, -0.2) is 0 Å². The summed E-state index contributed by atoms with van der Waals surface area (Å²) in [5.74, 6) is -1.60. The normalized spacial score (nSPS) is 24.2. The Morgan fingerprint density at radius 3 is 2.65 bits per heavy atom. The first-order valence-corrected chi connectivity index (χ1v) is 6.12. The van der Waals surface area contributed by atoms with Crippen LogP contribution >= 0.6 is 34.8 Å². The average Bonchev–Trinajstić information content (AvgIpc) is 2.15. The third-order valence-corrected chi connectivity index (χ3v) is 3.21. The fourth-order valence-corrected chi connectivity index (χ4v) is 2.01. The molecule has 2 atom stereocenters. The summed E-state index contributed by atoms with van der Waals surface area (Å²) in [4.78, 5) is 23.8. The molecule has 98 valence electrons. The van der Waals surface area contributed by atoms with Crippen molar-refractivity contribution >= 4 is 46.7 Å². The Morgan fingerprint density at radius 2 is 2.24 bits per heavy atom. The Labute approximate surface area is 114 Å². The highest BCUT2D eigenvalue weighted by Gasteiger charge is 2.43. The van der Waals surface area contributed by atoms with Crippen LogP contribution in [0.25, 0.3) is 0 Å². The predicted molar refractivity (Wildman–Crippen MR) is 63.5 cm³/mol. The van der Waals surface area contributed by atoms with Crippen molar-refractivity contribution in [2.45, 2.75) is 29.3 Å². The second kappa shape index (κ2) is 5.61. The number of carboxylic acid groups (broad SMARTS) is 1. The molecule has 1 heterocycles. The number of carbonyl (C=O) groups is 2. The third kappa shape index (κ3) is 3.88. The van der Waals surface area contributed by atoms with Crippen molar-refractivity contribution in [1.29, 1.82) is 0 Å². The predicted octanol–water partition coefficient (Wildman–Crippen LogP) is 1.45. The number of cyclic esters (lactones) is 1. The van der Waals surface area contributed by atoms with Crippen molar-refractivity contribution in [3.8, 4) is 0 Å². The third-order valence-electron chi connectivity index (χ3n) is 2.48. The zero-order valence-electron chi connectivity index (χ0n) is 9.03. The van der Waals surface area contributed by atoms with E-state index in [4.69, 9.17) is 44.6 Å². The number of esters is 1. The zero-order chi connectivity index (χ0) is 13.2. The number of morpholine rings is 1. The molecule has 0 radical (unpaired) electrons. The molecular formula is C9H12Cl3NO4. The maximum atomic E-state index is 11.3. The maximum Gasteiger partial charge on any atom is 0.320 e. The highest BCUT2D eigenvalue weighted by atomic mass is 35.6. The smallest absolute Gasteiger partial charge is 0.320 e. The van der Waals surface area contributed by atoms with Crippen molar-refractivity contribution in [2.24, 2.45) is 0 Å². The highest BCUT2D eigenvalue weighted by molar-refractivity contribution is 6.68. The molecule has 0 bridgehead atoms. The Bertz CT molecular complexity index is 318. The molecule has 0 amide bonds. The molecule has 17 heavy (non-hydrogen) atoms. The summed E-state index contributed by atoms with van der Waals surface area (Å²) in [5, 5.41) is 9.01. The van der Waals surface area contributed by atoms with E-state index < -0.39 is 27.9 Å². The molecule has 0 spiro atoms. The van der Waals surface area contributed by atoms with Gasteiger partial charge in [-0.2, -0.15) is 0 Å². The van der Waals surface area contributed by atoms with Gasteiger partial charge in [-0.1, -0.05) is 41.7 Å². The van der Waals surface area contributed by atoms with E-state index >= 15 is 0 Å². The minimum Gasteiger partial charge on any atom is -0.480 e. The summed E-state index contributed by atoms with van der Waals surface area (Å²) < 4.78 is 3.13. The van der Waals surface area contributed by atoms with Gasteiger partial charge in [0, 0.05) is 6.54 Å². The van der Waals surface area contributed by atoms with E-state index in [-0.39, 0.29) is 13.1 Å². The number of hydrogen-bond acceptors (Lipinski definition) is 4. The largest absolute Gasteiger partial charge is 0.480 e. The summed E-state index contributed by atoms with van der Waals surface area (Å²) >= 11 is 16.9. The van der Waals surface area contributed by atoms with Crippen LogP contribution in [0, 0.1) is 0 Å². The number of halogens is 3. The number of nitrogens with zero attached hydrogens (tertiary/aromatic N) is 1. The van der Waals surface area contributed by atoms with Crippen molar-refractivity contribution in [3.63, 3.8) is 0 Å². The molecule has 0 aliphatic carbocycles. The first-order chi connectivity index (χ1) is 7.75. The zero-order valence-corrected chi connectivity index (χ0v) is 11.3. The van der Waals surface area contributed by atoms with E-state index in [1.54, 1.807) is 6.92 Å². The number of aliphatic carboxylic acids is 1. The lowest BCUT2D eigenvalue weighted by Gasteiger charge is -2.37. The van der Waals surface area contributed by atoms with E-state index in [2.05, 4.69) is 0 Å². The number of carbonyl (C=O) groups excluding carboxylic acids is 1. The highest BCUT2D eigenvalue weighted by Crippen LogP contribution is 2.34. The van der Waals surface area contributed by atoms with Crippen molar-refractivity contribution in [1.82, 2.24) is 4.90 Å². The number of alkyl halides is 3.